The Balaban J connectivity index is 2.51. The first-order valence-electron chi connectivity index (χ1n) is 4.46. The molecule has 0 radical (unpaired) electrons. The van der Waals surface area contributed by atoms with Crippen LogP contribution in [0.1, 0.15) is 0 Å². The Hall–Kier alpha value is -1.28. The first-order valence-corrected chi connectivity index (χ1v) is 7.10. The van der Waals surface area contributed by atoms with Gasteiger partial charge in [0.15, 0.2) is 0 Å². The fourth-order valence-corrected chi connectivity index (χ4v) is 2.25. The SMILES string of the molecule is CS(=O)(=O)n1cc(-c2ccc(F)cc2Br)nn1. The summed E-state index contributed by atoms with van der Waals surface area (Å²) in [6.07, 6.45) is 2.29. The van der Waals surface area contributed by atoms with E-state index in [2.05, 4.69) is 26.2 Å². The van der Waals surface area contributed by atoms with Crippen LogP contribution in [0.2, 0.25) is 0 Å². The topological polar surface area (TPSA) is 64.8 Å². The molecule has 1 aromatic carbocycles. The average molecular weight is 320 g/mol. The Bertz CT molecular complexity index is 669. The van der Waals surface area contributed by atoms with Crippen molar-refractivity contribution in [1.82, 2.24) is 14.4 Å². The van der Waals surface area contributed by atoms with E-state index in [1.807, 2.05) is 0 Å². The van der Waals surface area contributed by atoms with Crippen molar-refractivity contribution < 1.29 is 12.8 Å². The molecule has 0 bridgehead atoms. The van der Waals surface area contributed by atoms with Gasteiger partial charge in [-0.25, -0.2) is 12.8 Å². The second-order valence-electron chi connectivity index (χ2n) is 3.36. The van der Waals surface area contributed by atoms with E-state index in [4.69, 9.17) is 0 Å². The summed E-state index contributed by atoms with van der Waals surface area (Å²) in [4.78, 5) is 0. The lowest BCUT2D eigenvalue weighted by Crippen LogP contribution is -2.10. The van der Waals surface area contributed by atoms with Gasteiger partial charge in [0.05, 0.1) is 12.5 Å². The van der Waals surface area contributed by atoms with E-state index in [0.717, 1.165) is 10.3 Å². The highest BCUT2D eigenvalue weighted by Crippen LogP contribution is 2.27. The summed E-state index contributed by atoms with van der Waals surface area (Å²) in [5.41, 5.74) is 0.920. The van der Waals surface area contributed by atoms with Crippen molar-refractivity contribution in [3.8, 4) is 11.3 Å². The highest BCUT2D eigenvalue weighted by atomic mass is 79.9. The molecular weight excluding hydrogens is 313 g/mol. The zero-order valence-corrected chi connectivity index (χ0v) is 11.0. The monoisotopic (exact) mass is 319 g/mol. The van der Waals surface area contributed by atoms with Crippen molar-refractivity contribution >= 4 is 26.0 Å². The Morgan fingerprint density at radius 3 is 2.65 bits per heavy atom. The van der Waals surface area contributed by atoms with Gasteiger partial charge >= 0.3 is 0 Å². The molecule has 90 valence electrons. The predicted molar refractivity (Wildman–Crippen MR) is 63.4 cm³/mol. The molecule has 1 aromatic heterocycles. The van der Waals surface area contributed by atoms with Gasteiger partial charge in [0.25, 0.3) is 10.0 Å². The van der Waals surface area contributed by atoms with Crippen LogP contribution in [0.15, 0.2) is 28.9 Å². The lowest BCUT2D eigenvalue weighted by atomic mass is 10.2. The van der Waals surface area contributed by atoms with Crippen LogP contribution in [0.25, 0.3) is 11.3 Å². The fraction of sp³-hybridized carbons (Fsp3) is 0.111. The van der Waals surface area contributed by atoms with Gasteiger partial charge < -0.3 is 0 Å². The molecule has 0 amide bonds. The maximum Gasteiger partial charge on any atom is 0.252 e. The maximum atomic E-state index is 12.9. The van der Waals surface area contributed by atoms with Crippen LogP contribution >= 0.6 is 15.9 Å². The quantitative estimate of drug-likeness (QED) is 0.844. The van der Waals surface area contributed by atoms with Crippen molar-refractivity contribution in [3.05, 3.63) is 34.7 Å². The molecule has 0 fully saturated rings. The summed E-state index contributed by atoms with van der Waals surface area (Å²) >= 11 is 3.18. The van der Waals surface area contributed by atoms with Crippen LogP contribution < -0.4 is 0 Å². The van der Waals surface area contributed by atoms with E-state index < -0.39 is 15.8 Å². The zero-order chi connectivity index (χ0) is 12.6. The van der Waals surface area contributed by atoms with Crippen LogP contribution in [0.3, 0.4) is 0 Å². The first kappa shape index (κ1) is 12.2. The molecular formula is C9H7BrFN3O2S. The second-order valence-corrected chi connectivity index (χ2v) is 6.06. The van der Waals surface area contributed by atoms with Crippen LogP contribution in [-0.2, 0) is 10.0 Å². The van der Waals surface area contributed by atoms with Crippen LogP contribution in [0, 0.1) is 5.82 Å². The van der Waals surface area contributed by atoms with Gasteiger partial charge in [-0.1, -0.05) is 5.21 Å². The molecule has 8 heteroatoms. The number of rotatable bonds is 2. The highest BCUT2D eigenvalue weighted by Gasteiger charge is 2.12. The Morgan fingerprint density at radius 2 is 2.12 bits per heavy atom. The standard InChI is InChI=1S/C9H7BrFN3O2S/c1-17(15,16)14-5-9(12-13-14)7-3-2-6(11)4-8(7)10/h2-5H,1H3. The number of hydrogen-bond acceptors (Lipinski definition) is 4. The number of aromatic nitrogens is 3. The third kappa shape index (κ3) is 2.52. The van der Waals surface area contributed by atoms with Crippen LogP contribution in [0.5, 0.6) is 0 Å². The van der Waals surface area contributed by atoms with Crippen molar-refractivity contribution in [2.75, 3.05) is 6.26 Å². The molecule has 0 aliphatic carbocycles. The Morgan fingerprint density at radius 1 is 1.41 bits per heavy atom. The normalized spacial score (nSPS) is 11.7. The van der Waals surface area contributed by atoms with E-state index in [9.17, 15) is 12.8 Å². The molecule has 0 saturated carbocycles. The summed E-state index contributed by atoms with van der Waals surface area (Å²) in [5, 5.41) is 7.22. The molecule has 2 rings (SSSR count). The van der Waals surface area contributed by atoms with Crippen molar-refractivity contribution in [1.29, 1.82) is 0 Å². The largest absolute Gasteiger partial charge is 0.252 e. The van der Waals surface area contributed by atoms with Gasteiger partial charge in [-0.05, 0) is 34.1 Å². The summed E-state index contributed by atoms with van der Waals surface area (Å²) in [6.45, 7) is 0. The van der Waals surface area contributed by atoms with Gasteiger partial charge in [-0.3, -0.25) is 0 Å². The van der Waals surface area contributed by atoms with Crippen molar-refractivity contribution in [2.24, 2.45) is 0 Å². The maximum absolute atomic E-state index is 12.9. The minimum atomic E-state index is -3.46. The fourth-order valence-electron chi connectivity index (χ4n) is 1.23. The summed E-state index contributed by atoms with van der Waals surface area (Å²) in [6, 6.07) is 4.03. The lowest BCUT2D eigenvalue weighted by molar-refractivity contribution is 0.583. The van der Waals surface area contributed by atoms with Gasteiger partial charge in [-0.15, -0.1) is 9.19 Å². The Labute approximate surface area is 105 Å². The molecule has 17 heavy (non-hydrogen) atoms. The smallest absolute Gasteiger partial charge is 0.207 e. The first-order chi connectivity index (χ1) is 7.88. The van der Waals surface area contributed by atoms with E-state index in [1.54, 1.807) is 0 Å². The van der Waals surface area contributed by atoms with Crippen molar-refractivity contribution in [3.63, 3.8) is 0 Å². The van der Waals surface area contributed by atoms with Crippen LogP contribution in [0.4, 0.5) is 4.39 Å². The number of hydrogen-bond donors (Lipinski definition) is 0. The zero-order valence-electron chi connectivity index (χ0n) is 8.63. The summed E-state index contributed by atoms with van der Waals surface area (Å²) in [5.74, 6) is -0.392. The molecule has 2 aromatic rings. The molecule has 5 nitrogen and oxygen atoms in total. The molecule has 0 aliphatic heterocycles. The van der Waals surface area contributed by atoms with E-state index in [1.165, 1.54) is 24.4 Å². The number of nitrogens with zero attached hydrogens (tertiary/aromatic N) is 3. The molecule has 0 aliphatic rings. The van der Waals surface area contributed by atoms with Gasteiger partial charge in [0.1, 0.15) is 11.5 Å². The van der Waals surface area contributed by atoms with E-state index in [0.29, 0.717) is 15.7 Å². The van der Waals surface area contributed by atoms with E-state index in [-0.39, 0.29) is 0 Å². The number of benzene rings is 1. The van der Waals surface area contributed by atoms with E-state index >= 15 is 0 Å². The summed E-state index contributed by atoms with van der Waals surface area (Å²) in [7, 11) is -3.46. The van der Waals surface area contributed by atoms with Gasteiger partial charge in [-0.2, -0.15) is 0 Å². The predicted octanol–water partition coefficient (Wildman–Crippen LogP) is 1.65. The summed E-state index contributed by atoms with van der Waals surface area (Å²) < 4.78 is 36.5. The lowest BCUT2D eigenvalue weighted by Gasteiger charge is -1.99. The minimum absolute atomic E-state index is 0.349. The highest BCUT2D eigenvalue weighted by molar-refractivity contribution is 9.10. The van der Waals surface area contributed by atoms with Gasteiger partial charge in [0.2, 0.25) is 0 Å². The van der Waals surface area contributed by atoms with Crippen molar-refractivity contribution in [2.45, 2.75) is 0 Å². The molecule has 0 spiro atoms. The van der Waals surface area contributed by atoms with Gasteiger partial charge in [0, 0.05) is 10.0 Å². The third-order valence-electron chi connectivity index (χ3n) is 2.02. The molecule has 0 saturated heterocycles. The Kier molecular flexibility index (Phi) is 3.00. The molecule has 0 unspecified atom stereocenters. The average Bonchev–Trinajstić information content (AvgIpc) is 2.65. The second kappa shape index (κ2) is 4.19. The third-order valence-corrected chi connectivity index (χ3v) is 3.53. The van der Waals surface area contributed by atoms with Crippen LogP contribution in [-0.4, -0.2) is 29.1 Å². The number of halogens is 2. The molecule has 0 atom stereocenters. The molecule has 0 N–H and O–H groups in total. The minimum Gasteiger partial charge on any atom is -0.207 e. The molecule has 1 heterocycles.